The first-order chi connectivity index (χ1) is 11.9. The summed E-state index contributed by atoms with van der Waals surface area (Å²) in [4.78, 5) is 20.1. The van der Waals surface area contributed by atoms with E-state index in [1.807, 2.05) is 0 Å². The van der Waals surface area contributed by atoms with Gasteiger partial charge in [-0.1, -0.05) is 0 Å². The number of hydrogen-bond acceptors (Lipinski definition) is 4. The zero-order chi connectivity index (χ0) is 18.8. The molecule has 0 aromatic heterocycles. The number of nitrogens with zero attached hydrogens (tertiary/aromatic N) is 3. The predicted molar refractivity (Wildman–Crippen MR) is 119 cm³/mol. The summed E-state index contributed by atoms with van der Waals surface area (Å²) in [7, 11) is 3.23. The van der Waals surface area contributed by atoms with Crippen molar-refractivity contribution in [3.05, 3.63) is 0 Å². The highest BCUT2D eigenvalue weighted by atomic mass is 127. The second kappa shape index (κ2) is 13.4. The van der Waals surface area contributed by atoms with Gasteiger partial charge in [0.2, 0.25) is 0 Å². The SMILES string of the molecule is CN=C(NCCCN(C(C)C)C(C)C)NC1CCN(C(=O)OC)CC1.I. The zero-order valence-electron chi connectivity index (χ0n) is 17.2. The van der Waals surface area contributed by atoms with Crippen molar-refractivity contribution in [2.45, 2.75) is 65.1 Å². The van der Waals surface area contributed by atoms with E-state index in [2.05, 4.69) is 48.2 Å². The Labute approximate surface area is 176 Å². The van der Waals surface area contributed by atoms with Gasteiger partial charge in [0.1, 0.15) is 0 Å². The number of piperidine rings is 1. The van der Waals surface area contributed by atoms with E-state index in [9.17, 15) is 4.79 Å². The minimum atomic E-state index is -0.235. The molecule has 7 nitrogen and oxygen atoms in total. The van der Waals surface area contributed by atoms with Crippen molar-refractivity contribution in [3.63, 3.8) is 0 Å². The molecule has 1 aliphatic heterocycles. The fourth-order valence-electron chi connectivity index (χ4n) is 3.30. The van der Waals surface area contributed by atoms with Crippen LogP contribution in [0, 0.1) is 0 Å². The maximum atomic E-state index is 11.5. The van der Waals surface area contributed by atoms with Crippen LogP contribution in [0.15, 0.2) is 4.99 Å². The highest BCUT2D eigenvalue weighted by Gasteiger charge is 2.23. The summed E-state index contributed by atoms with van der Waals surface area (Å²) in [5.74, 6) is 0.845. The Balaban J connectivity index is 0.00000625. The van der Waals surface area contributed by atoms with Crippen LogP contribution in [-0.2, 0) is 4.74 Å². The van der Waals surface area contributed by atoms with Crippen molar-refractivity contribution in [2.75, 3.05) is 40.3 Å². The van der Waals surface area contributed by atoms with Crippen LogP contribution in [0.5, 0.6) is 0 Å². The first-order valence-electron chi connectivity index (χ1n) is 9.44. The molecule has 0 aromatic carbocycles. The largest absolute Gasteiger partial charge is 0.453 e. The predicted octanol–water partition coefficient (Wildman–Crippen LogP) is 2.51. The Morgan fingerprint density at radius 1 is 1.23 bits per heavy atom. The van der Waals surface area contributed by atoms with Crippen molar-refractivity contribution in [1.82, 2.24) is 20.4 Å². The summed E-state index contributed by atoms with van der Waals surface area (Å²) in [6, 6.07) is 1.48. The lowest BCUT2D eigenvalue weighted by molar-refractivity contribution is 0.111. The monoisotopic (exact) mass is 483 g/mol. The molecule has 0 aliphatic carbocycles. The van der Waals surface area contributed by atoms with Crippen molar-refractivity contribution in [1.29, 1.82) is 0 Å². The Morgan fingerprint density at radius 2 is 1.81 bits per heavy atom. The molecule has 154 valence electrons. The standard InChI is InChI=1S/C18H37N5O2.HI/c1-14(2)23(15(3)4)11-7-10-20-17(19-5)21-16-8-12-22(13-9-16)18(24)25-6;/h14-16H,7-13H2,1-6H3,(H2,19,20,21);1H. The van der Waals surface area contributed by atoms with Gasteiger partial charge in [0.15, 0.2) is 5.96 Å². The van der Waals surface area contributed by atoms with Gasteiger partial charge in [0, 0.05) is 51.4 Å². The molecule has 0 atom stereocenters. The number of amides is 1. The van der Waals surface area contributed by atoms with Crippen molar-refractivity contribution < 1.29 is 9.53 Å². The third kappa shape index (κ3) is 8.75. The molecular formula is C18H38IN5O2. The summed E-state index contributed by atoms with van der Waals surface area (Å²) in [6.45, 7) is 12.4. The summed E-state index contributed by atoms with van der Waals surface area (Å²) in [6.07, 6.45) is 2.66. The molecule has 0 unspecified atom stereocenters. The molecule has 0 aromatic rings. The zero-order valence-corrected chi connectivity index (χ0v) is 19.6. The number of carbonyl (C=O) groups is 1. The quantitative estimate of drug-likeness (QED) is 0.252. The summed E-state index contributed by atoms with van der Waals surface area (Å²) < 4.78 is 4.77. The number of hydrogen-bond donors (Lipinski definition) is 2. The Bertz CT molecular complexity index is 416. The van der Waals surface area contributed by atoms with Gasteiger partial charge in [-0.25, -0.2) is 4.79 Å². The van der Waals surface area contributed by atoms with Gasteiger partial charge in [-0.05, 0) is 47.0 Å². The van der Waals surface area contributed by atoms with E-state index in [-0.39, 0.29) is 30.1 Å². The van der Waals surface area contributed by atoms with Gasteiger partial charge >= 0.3 is 6.09 Å². The lowest BCUT2D eigenvalue weighted by atomic mass is 10.1. The Morgan fingerprint density at radius 3 is 2.27 bits per heavy atom. The van der Waals surface area contributed by atoms with Crippen LogP contribution in [0.3, 0.4) is 0 Å². The second-order valence-corrected chi connectivity index (χ2v) is 7.15. The van der Waals surface area contributed by atoms with E-state index in [1.165, 1.54) is 7.11 Å². The molecule has 8 heteroatoms. The van der Waals surface area contributed by atoms with Gasteiger partial charge in [-0.3, -0.25) is 9.89 Å². The molecule has 0 saturated carbocycles. The summed E-state index contributed by atoms with van der Waals surface area (Å²) in [5.41, 5.74) is 0. The molecule has 1 heterocycles. The fourth-order valence-corrected chi connectivity index (χ4v) is 3.30. The average molecular weight is 483 g/mol. The van der Waals surface area contributed by atoms with Gasteiger partial charge < -0.3 is 20.3 Å². The maximum absolute atomic E-state index is 11.5. The van der Waals surface area contributed by atoms with E-state index in [4.69, 9.17) is 4.74 Å². The Hall–Kier alpha value is -0.770. The number of ether oxygens (including phenoxy) is 1. The number of methoxy groups -OCH3 is 1. The molecule has 0 radical (unpaired) electrons. The molecule has 0 bridgehead atoms. The minimum Gasteiger partial charge on any atom is -0.453 e. The molecule has 1 fully saturated rings. The molecule has 26 heavy (non-hydrogen) atoms. The first-order valence-corrected chi connectivity index (χ1v) is 9.44. The molecule has 0 spiro atoms. The van der Waals surface area contributed by atoms with E-state index < -0.39 is 0 Å². The van der Waals surface area contributed by atoms with Crippen LogP contribution in [0.4, 0.5) is 4.79 Å². The number of carbonyl (C=O) groups excluding carboxylic acids is 1. The Kier molecular flexibility index (Phi) is 13.0. The summed E-state index contributed by atoms with van der Waals surface area (Å²) >= 11 is 0. The summed E-state index contributed by atoms with van der Waals surface area (Å²) in [5, 5.41) is 6.87. The normalized spacial score (nSPS) is 16.0. The van der Waals surface area contributed by atoms with Gasteiger partial charge in [-0.2, -0.15) is 0 Å². The third-order valence-electron chi connectivity index (χ3n) is 4.70. The van der Waals surface area contributed by atoms with Crippen molar-refractivity contribution in [2.24, 2.45) is 4.99 Å². The number of rotatable bonds is 7. The van der Waals surface area contributed by atoms with E-state index in [0.717, 1.165) is 51.4 Å². The van der Waals surface area contributed by atoms with Crippen LogP contribution in [0.2, 0.25) is 0 Å². The van der Waals surface area contributed by atoms with E-state index >= 15 is 0 Å². The minimum absolute atomic E-state index is 0. The molecular weight excluding hydrogens is 445 g/mol. The van der Waals surface area contributed by atoms with E-state index in [0.29, 0.717) is 18.1 Å². The number of aliphatic imine (C=N–C) groups is 1. The number of guanidine groups is 1. The van der Waals surface area contributed by atoms with Crippen LogP contribution in [0.25, 0.3) is 0 Å². The molecule has 1 aliphatic rings. The van der Waals surface area contributed by atoms with Crippen molar-refractivity contribution in [3.8, 4) is 0 Å². The molecule has 1 amide bonds. The van der Waals surface area contributed by atoms with Gasteiger partial charge in [0.05, 0.1) is 7.11 Å². The fraction of sp³-hybridized carbons (Fsp3) is 0.889. The maximum Gasteiger partial charge on any atom is 0.409 e. The lowest BCUT2D eigenvalue weighted by Gasteiger charge is -2.32. The first kappa shape index (κ1) is 25.2. The second-order valence-electron chi connectivity index (χ2n) is 7.15. The van der Waals surface area contributed by atoms with Gasteiger partial charge in [-0.15, -0.1) is 24.0 Å². The highest BCUT2D eigenvalue weighted by molar-refractivity contribution is 14.0. The lowest BCUT2D eigenvalue weighted by Crippen LogP contribution is -2.50. The topological polar surface area (TPSA) is 69.2 Å². The number of halogens is 1. The third-order valence-corrected chi connectivity index (χ3v) is 4.70. The van der Waals surface area contributed by atoms with Crippen LogP contribution < -0.4 is 10.6 Å². The average Bonchev–Trinajstić information content (AvgIpc) is 2.59. The molecule has 1 rings (SSSR count). The van der Waals surface area contributed by atoms with Crippen LogP contribution in [-0.4, -0.2) is 80.3 Å². The van der Waals surface area contributed by atoms with Crippen molar-refractivity contribution >= 4 is 36.0 Å². The smallest absolute Gasteiger partial charge is 0.409 e. The number of nitrogens with one attached hydrogen (secondary N) is 2. The molecule has 1 saturated heterocycles. The van der Waals surface area contributed by atoms with E-state index in [1.54, 1.807) is 11.9 Å². The van der Waals surface area contributed by atoms with Gasteiger partial charge in [0.25, 0.3) is 0 Å². The molecule has 2 N–H and O–H groups in total. The van der Waals surface area contributed by atoms with Crippen LogP contribution in [0.1, 0.15) is 47.0 Å². The number of likely N-dealkylation sites (tertiary alicyclic amines) is 1. The highest BCUT2D eigenvalue weighted by Crippen LogP contribution is 2.11. The van der Waals surface area contributed by atoms with Crippen LogP contribution >= 0.6 is 24.0 Å².